The largest absolute Gasteiger partial charge is 0.495 e. The van der Waals surface area contributed by atoms with Crippen molar-refractivity contribution < 1.29 is 13.2 Å². The lowest BCUT2D eigenvalue weighted by Gasteiger charge is -2.33. The lowest BCUT2D eigenvalue weighted by atomic mass is 9.80. The van der Waals surface area contributed by atoms with E-state index in [1.807, 2.05) is 0 Å². The van der Waals surface area contributed by atoms with Gasteiger partial charge in [0.05, 0.1) is 7.11 Å². The Labute approximate surface area is 126 Å². The Bertz CT molecular complexity index is 601. The number of nitrogen functional groups attached to an aromatic ring is 1. The molecular formula is C15H24N2O3S. The average Bonchev–Trinajstić information content (AvgIpc) is 2.41. The fourth-order valence-corrected chi connectivity index (χ4v) is 4.54. The molecule has 3 unspecified atom stereocenters. The zero-order valence-corrected chi connectivity index (χ0v) is 13.6. The quantitative estimate of drug-likeness (QED) is 0.836. The molecule has 1 aromatic rings. The Morgan fingerprint density at radius 2 is 2.00 bits per heavy atom. The summed E-state index contributed by atoms with van der Waals surface area (Å²) >= 11 is 0. The van der Waals surface area contributed by atoms with Crippen LogP contribution in [0.3, 0.4) is 0 Å². The van der Waals surface area contributed by atoms with Crippen LogP contribution in [0, 0.1) is 11.8 Å². The van der Waals surface area contributed by atoms with Crippen LogP contribution >= 0.6 is 0 Å². The van der Waals surface area contributed by atoms with Crippen LogP contribution in [0.5, 0.6) is 5.75 Å². The van der Waals surface area contributed by atoms with Gasteiger partial charge < -0.3 is 10.5 Å². The number of hydrogen-bond acceptors (Lipinski definition) is 4. The van der Waals surface area contributed by atoms with Crippen LogP contribution in [0.4, 0.5) is 5.69 Å². The Morgan fingerprint density at radius 1 is 1.29 bits per heavy atom. The highest BCUT2D eigenvalue weighted by Crippen LogP contribution is 2.31. The number of nitrogens with two attached hydrogens (primary N) is 1. The summed E-state index contributed by atoms with van der Waals surface area (Å²) in [6.07, 6.45) is 2.97. The minimum Gasteiger partial charge on any atom is -0.495 e. The van der Waals surface area contributed by atoms with E-state index in [1.54, 1.807) is 6.07 Å². The fourth-order valence-electron chi connectivity index (χ4n) is 3.01. The number of nitrogens with one attached hydrogen (secondary N) is 1. The smallest absolute Gasteiger partial charge is 0.244 e. The third-order valence-corrected chi connectivity index (χ3v) is 5.74. The normalized spacial score (nSPS) is 26.5. The van der Waals surface area contributed by atoms with Crippen LogP contribution in [0.15, 0.2) is 23.1 Å². The van der Waals surface area contributed by atoms with Gasteiger partial charge in [0.2, 0.25) is 10.0 Å². The summed E-state index contributed by atoms with van der Waals surface area (Å²) in [4.78, 5) is 0.144. The van der Waals surface area contributed by atoms with E-state index in [-0.39, 0.29) is 16.7 Å². The van der Waals surface area contributed by atoms with Crippen LogP contribution in [0.25, 0.3) is 0 Å². The first-order valence-electron chi connectivity index (χ1n) is 7.29. The molecule has 0 amide bonds. The lowest BCUT2D eigenvalue weighted by Crippen LogP contribution is -2.42. The number of benzene rings is 1. The van der Waals surface area contributed by atoms with Gasteiger partial charge in [-0.3, -0.25) is 0 Å². The van der Waals surface area contributed by atoms with Crippen LogP contribution < -0.4 is 15.2 Å². The summed E-state index contributed by atoms with van der Waals surface area (Å²) in [5.41, 5.74) is 6.15. The first-order valence-corrected chi connectivity index (χ1v) is 8.77. The third-order valence-electron chi connectivity index (χ3n) is 4.22. The first kappa shape index (κ1) is 16.1. The molecule has 0 heterocycles. The predicted molar refractivity (Wildman–Crippen MR) is 83.7 cm³/mol. The van der Waals surface area contributed by atoms with Gasteiger partial charge in [-0.25, -0.2) is 13.1 Å². The molecule has 6 heteroatoms. The molecule has 1 aliphatic carbocycles. The van der Waals surface area contributed by atoms with Gasteiger partial charge in [0.15, 0.2) is 0 Å². The second kappa shape index (κ2) is 6.23. The second-order valence-electron chi connectivity index (χ2n) is 6.03. The third kappa shape index (κ3) is 3.68. The number of rotatable bonds is 4. The van der Waals surface area contributed by atoms with Gasteiger partial charge in [0.25, 0.3) is 0 Å². The van der Waals surface area contributed by atoms with Gasteiger partial charge in [0, 0.05) is 17.8 Å². The molecule has 0 aromatic heterocycles. The lowest BCUT2D eigenvalue weighted by molar-refractivity contribution is 0.249. The molecule has 0 saturated heterocycles. The molecule has 3 N–H and O–H groups in total. The van der Waals surface area contributed by atoms with E-state index in [9.17, 15) is 8.42 Å². The predicted octanol–water partition coefficient (Wildman–Crippen LogP) is 2.38. The molecule has 0 bridgehead atoms. The van der Waals surface area contributed by atoms with Crippen molar-refractivity contribution in [3.05, 3.63) is 18.2 Å². The molecule has 1 aliphatic rings. The van der Waals surface area contributed by atoms with Gasteiger partial charge in [-0.2, -0.15) is 0 Å². The van der Waals surface area contributed by atoms with Gasteiger partial charge >= 0.3 is 0 Å². The first-order chi connectivity index (χ1) is 9.83. The van der Waals surface area contributed by atoms with Crippen LogP contribution in [0.1, 0.15) is 33.1 Å². The standard InChI is InChI=1S/C15H24N2O3S/c1-10-4-6-13(11(2)8-10)17-21(18,19)15-7-5-12(16)9-14(15)20-3/h5,7,9-11,13,17H,4,6,8,16H2,1-3H3. The summed E-state index contributed by atoms with van der Waals surface area (Å²) < 4.78 is 33.1. The van der Waals surface area contributed by atoms with Crippen molar-refractivity contribution in [3.63, 3.8) is 0 Å². The SMILES string of the molecule is COc1cc(N)ccc1S(=O)(=O)NC1CCC(C)CC1C. The Balaban J connectivity index is 2.23. The maximum atomic E-state index is 12.6. The van der Waals surface area contributed by atoms with E-state index in [1.165, 1.54) is 19.2 Å². The molecule has 1 fully saturated rings. The van der Waals surface area contributed by atoms with Crippen molar-refractivity contribution in [3.8, 4) is 5.75 Å². The van der Waals surface area contributed by atoms with Gasteiger partial charge in [-0.1, -0.05) is 13.8 Å². The minimum atomic E-state index is -3.60. The summed E-state index contributed by atoms with van der Waals surface area (Å²) in [6, 6.07) is 4.57. The van der Waals surface area contributed by atoms with Crippen molar-refractivity contribution >= 4 is 15.7 Å². The van der Waals surface area contributed by atoms with Crippen molar-refractivity contribution in [2.75, 3.05) is 12.8 Å². The Kier molecular flexibility index (Phi) is 4.78. The second-order valence-corrected chi connectivity index (χ2v) is 7.72. The Hall–Kier alpha value is -1.27. The molecule has 21 heavy (non-hydrogen) atoms. The fraction of sp³-hybridized carbons (Fsp3) is 0.600. The van der Waals surface area contributed by atoms with Crippen molar-refractivity contribution in [1.29, 1.82) is 0 Å². The number of methoxy groups -OCH3 is 1. The van der Waals surface area contributed by atoms with Crippen molar-refractivity contribution in [2.45, 2.75) is 44.0 Å². The summed E-state index contributed by atoms with van der Waals surface area (Å²) in [7, 11) is -2.16. The number of hydrogen-bond donors (Lipinski definition) is 2. The topological polar surface area (TPSA) is 81.4 Å². The van der Waals surface area contributed by atoms with Crippen molar-refractivity contribution in [2.24, 2.45) is 11.8 Å². The van der Waals surface area contributed by atoms with Gasteiger partial charge in [-0.05, 0) is 43.2 Å². The number of ether oxygens (including phenoxy) is 1. The molecular weight excluding hydrogens is 288 g/mol. The van der Waals surface area contributed by atoms with Crippen molar-refractivity contribution in [1.82, 2.24) is 4.72 Å². The highest BCUT2D eigenvalue weighted by molar-refractivity contribution is 7.89. The molecule has 0 spiro atoms. The maximum Gasteiger partial charge on any atom is 0.244 e. The minimum absolute atomic E-state index is 0.0199. The molecule has 0 radical (unpaired) electrons. The maximum absolute atomic E-state index is 12.6. The van der Waals surface area contributed by atoms with E-state index < -0.39 is 10.0 Å². The van der Waals surface area contributed by atoms with Crippen LogP contribution in [0.2, 0.25) is 0 Å². The molecule has 2 rings (SSSR count). The van der Waals surface area contributed by atoms with E-state index in [0.29, 0.717) is 17.5 Å². The van der Waals surface area contributed by atoms with Crippen LogP contribution in [-0.2, 0) is 10.0 Å². The Morgan fingerprint density at radius 3 is 2.62 bits per heavy atom. The summed E-state index contributed by atoms with van der Waals surface area (Å²) in [5, 5.41) is 0. The average molecular weight is 312 g/mol. The monoisotopic (exact) mass is 312 g/mol. The number of sulfonamides is 1. The van der Waals surface area contributed by atoms with E-state index in [4.69, 9.17) is 10.5 Å². The highest BCUT2D eigenvalue weighted by Gasteiger charge is 2.30. The molecule has 1 aromatic carbocycles. The highest BCUT2D eigenvalue weighted by atomic mass is 32.2. The zero-order valence-electron chi connectivity index (χ0n) is 12.8. The molecule has 118 valence electrons. The van der Waals surface area contributed by atoms with Gasteiger partial charge in [0.1, 0.15) is 10.6 Å². The summed E-state index contributed by atoms with van der Waals surface area (Å²) in [6.45, 7) is 4.31. The van der Waals surface area contributed by atoms with E-state index >= 15 is 0 Å². The van der Waals surface area contributed by atoms with Crippen LogP contribution in [-0.4, -0.2) is 21.6 Å². The van der Waals surface area contributed by atoms with E-state index in [2.05, 4.69) is 18.6 Å². The van der Waals surface area contributed by atoms with E-state index in [0.717, 1.165) is 19.3 Å². The molecule has 5 nitrogen and oxygen atoms in total. The van der Waals surface area contributed by atoms with Gasteiger partial charge in [-0.15, -0.1) is 0 Å². The number of anilines is 1. The molecule has 1 saturated carbocycles. The summed E-state index contributed by atoms with van der Waals surface area (Å²) in [5.74, 6) is 1.27. The zero-order chi connectivity index (χ0) is 15.6. The molecule has 0 aliphatic heterocycles. The molecule has 3 atom stereocenters.